The first kappa shape index (κ1) is 30.4. The highest BCUT2D eigenvalue weighted by atomic mass is 16.5. The van der Waals surface area contributed by atoms with Crippen LogP contribution in [0.2, 0.25) is 0 Å². The summed E-state index contributed by atoms with van der Waals surface area (Å²) in [5.41, 5.74) is 0. The first-order valence-corrected chi connectivity index (χ1v) is 14.6. The molecule has 4 atom stereocenters. The summed E-state index contributed by atoms with van der Waals surface area (Å²) in [5.74, 6) is 0.518. The molecule has 4 nitrogen and oxygen atoms in total. The molecule has 0 amide bonds. The van der Waals surface area contributed by atoms with Crippen LogP contribution in [0.5, 0.6) is 0 Å². The second kappa shape index (κ2) is 20.7. The predicted molar refractivity (Wildman–Crippen MR) is 138 cm³/mol. The number of rotatable bonds is 22. The van der Waals surface area contributed by atoms with Gasteiger partial charge in [0.2, 0.25) is 0 Å². The Labute approximate surface area is 205 Å². The average Bonchev–Trinajstić information content (AvgIpc) is 3.18. The first-order valence-electron chi connectivity index (χ1n) is 14.6. The van der Waals surface area contributed by atoms with Crippen molar-refractivity contribution in [3.05, 3.63) is 0 Å². The maximum Gasteiger partial charge on any atom is 0.305 e. The minimum atomic E-state index is -0.240. The van der Waals surface area contributed by atoms with Crippen LogP contribution in [0.4, 0.5) is 0 Å². The Morgan fingerprint density at radius 3 is 2.06 bits per heavy atom. The topological polar surface area (TPSA) is 66.8 Å². The molecule has 0 heterocycles. The highest BCUT2D eigenvalue weighted by Gasteiger charge is 2.38. The van der Waals surface area contributed by atoms with Crippen molar-refractivity contribution < 1.29 is 19.7 Å². The van der Waals surface area contributed by atoms with Gasteiger partial charge in [-0.2, -0.15) is 0 Å². The number of hydrogen-bond acceptors (Lipinski definition) is 4. The minimum absolute atomic E-state index is 0.0378. The zero-order valence-electron chi connectivity index (χ0n) is 22.1. The lowest BCUT2D eigenvalue weighted by atomic mass is 9.84. The molecule has 1 rings (SSSR count). The van der Waals surface area contributed by atoms with Crippen molar-refractivity contribution >= 4 is 5.97 Å². The highest BCUT2D eigenvalue weighted by Crippen LogP contribution is 2.39. The molecule has 2 N–H and O–H groups in total. The number of esters is 1. The molecule has 0 radical (unpaired) electrons. The fraction of sp³-hybridized carbons (Fsp3) is 0.966. The fourth-order valence-corrected chi connectivity index (χ4v) is 5.45. The Bertz CT molecular complexity index is 453. The third-order valence-electron chi connectivity index (χ3n) is 7.62. The Kier molecular flexibility index (Phi) is 19.1. The predicted octanol–water partition coefficient (Wildman–Crippen LogP) is 7.73. The van der Waals surface area contributed by atoms with Crippen LogP contribution in [0.25, 0.3) is 0 Å². The second-order valence-corrected chi connectivity index (χ2v) is 10.5. The summed E-state index contributed by atoms with van der Waals surface area (Å²) in [4.78, 5) is 11.8. The van der Waals surface area contributed by atoms with Crippen LogP contribution in [0.1, 0.15) is 149 Å². The quantitative estimate of drug-likeness (QED) is 0.126. The van der Waals surface area contributed by atoms with E-state index in [0.717, 1.165) is 70.6 Å². The summed E-state index contributed by atoms with van der Waals surface area (Å²) in [6.07, 6.45) is 22.7. The molecule has 1 aliphatic rings. The molecule has 1 fully saturated rings. The number of aliphatic hydroxyl groups is 2. The van der Waals surface area contributed by atoms with Crippen LogP contribution in [0.3, 0.4) is 0 Å². The van der Waals surface area contributed by atoms with Crippen LogP contribution in [0.15, 0.2) is 0 Å². The number of ether oxygens (including phenoxy) is 1. The molecule has 0 aromatic heterocycles. The molecule has 1 aliphatic carbocycles. The Balaban J connectivity index is 2.03. The van der Waals surface area contributed by atoms with Crippen LogP contribution >= 0.6 is 0 Å². The molecule has 0 aliphatic heterocycles. The third-order valence-corrected chi connectivity index (χ3v) is 7.62. The number of aliphatic hydroxyl groups excluding tert-OH is 2. The van der Waals surface area contributed by atoms with Crippen molar-refractivity contribution in [2.75, 3.05) is 6.61 Å². The minimum Gasteiger partial charge on any atom is -0.466 e. The van der Waals surface area contributed by atoms with Gasteiger partial charge in [0.25, 0.3) is 0 Å². The van der Waals surface area contributed by atoms with Gasteiger partial charge in [0.15, 0.2) is 0 Å². The Morgan fingerprint density at radius 2 is 1.36 bits per heavy atom. The van der Waals surface area contributed by atoms with Gasteiger partial charge in [0, 0.05) is 6.42 Å². The molecule has 1 saturated carbocycles. The molecule has 0 aromatic rings. The highest BCUT2D eigenvalue weighted by molar-refractivity contribution is 5.69. The maximum atomic E-state index is 11.8. The zero-order valence-corrected chi connectivity index (χ0v) is 22.1. The largest absolute Gasteiger partial charge is 0.466 e. The van der Waals surface area contributed by atoms with Gasteiger partial charge in [-0.3, -0.25) is 4.79 Å². The molecule has 33 heavy (non-hydrogen) atoms. The molecule has 0 bridgehead atoms. The van der Waals surface area contributed by atoms with Crippen molar-refractivity contribution in [2.45, 2.75) is 161 Å². The average molecular weight is 469 g/mol. The van der Waals surface area contributed by atoms with E-state index in [9.17, 15) is 15.0 Å². The van der Waals surface area contributed by atoms with Crippen LogP contribution < -0.4 is 0 Å². The van der Waals surface area contributed by atoms with E-state index < -0.39 is 0 Å². The fourth-order valence-electron chi connectivity index (χ4n) is 5.45. The Hall–Kier alpha value is -0.610. The molecule has 0 spiro atoms. The lowest BCUT2D eigenvalue weighted by Crippen LogP contribution is -2.28. The number of unbranched alkanes of at least 4 members (excludes halogenated alkanes) is 13. The van der Waals surface area contributed by atoms with Gasteiger partial charge < -0.3 is 14.9 Å². The van der Waals surface area contributed by atoms with E-state index in [-0.39, 0.29) is 30.0 Å². The summed E-state index contributed by atoms with van der Waals surface area (Å²) in [5, 5.41) is 21.1. The summed E-state index contributed by atoms with van der Waals surface area (Å²) in [6, 6.07) is 0. The van der Waals surface area contributed by atoms with Gasteiger partial charge in [0.05, 0.1) is 18.8 Å². The van der Waals surface area contributed by atoms with Crippen LogP contribution in [-0.2, 0) is 9.53 Å². The third kappa shape index (κ3) is 15.1. The van der Waals surface area contributed by atoms with Gasteiger partial charge >= 0.3 is 5.97 Å². The summed E-state index contributed by atoms with van der Waals surface area (Å²) >= 11 is 0. The second-order valence-electron chi connectivity index (χ2n) is 10.5. The SMILES string of the molecule is CCCCCCCCOC(=O)CCCCCCC[C@@H]1C(O)CC[C@H]1C(O)CCCCCCC. The van der Waals surface area contributed by atoms with E-state index in [1.165, 1.54) is 57.8 Å². The number of carbonyl (C=O) groups excluding carboxylic acids is 1. The van der Waals surface area contributed by atoms with Gasteiger partial charge in [-0.1, -0.05) is 104 Å². The lowest BCUT2D eigenvalue weighted by molar-refractivity contribution is -0.143. The van der Waals surface area contributed by atoms with Crippen molar-refractivity contribution in [1.29, 1.82) is 0 Å². The summed E-state index contributed by atoms with van der Waals surface area (Å²) in [7, 11) is 0. The normalized spacial score (nSPS) is 21.4. The van der Waals surface area contributed by atoms with E-state index in [1.807, 2.05) is 0 Å². The maximum absolute atomic E-state index is 11.8. The lowest BCUT2D eigenvalue weighted by Gasteiger charge is -2.26. The summed E-state index contributed by atoms with van der Waals surface area (Å²) < 4.78 is 5.35. The van der Waals surface area contributed by atoms with E-state index in [4.69, 9.17) is 4.74 Å². The van der Waals surface area contributed by atoms with Gasteiger partial charge in [-0.05, 0) is 50.4 Å². The number of carbonyl (C=O) groups is 1. The van der Waals surface area contributed by atoms with E-state index in [0.29, 0.717) is 13.0 Å². The molecule has 2 unspecified atom stereocenters. The molecular formula is C29H56O4. The zero-order chi connectivity index (χ0) is 24.2. The molecule has 196 valence electrons. The smallest absolute Gasteiger partial charge is 0.305 e. The van der Waals surface area contributed by atoms with Crippen molar-refractivity contribution in [2.24, 2.45) is 11.8 Å². The molecule has 4 heteroatoms. The van der Waals surface area contributed by atoms with Crippen LogP contribution in [0, 0.1) is 11.8 Å². The van der Waals surface area contributed by atoms with Gasteiger partial charge in [0.1, 0.15) is 0 Å². The number of hydrogen-bond donors (Lipinski definition) is 2. The summed E-state index contributed by atoms with van der Waals surface area (Å²) in [6.45, 7) is 5.03. The molecule has 0 saturated heterocycles. The molecule has 0 aromatic carbocycles. The standard InChI is InChI=1S/C29H56O4/c1-3-5-7-9-14-18-24-33-29(32)21-17-13-10-12-15-19-25-26(22-23-28(25)31)27(30)20-16-11-8-6-4-2/h25-28,30-31H,3-24H2,1-2H3/t25-,26+,27?,28?/m0/s1. The first-order chi connectivity index (χ1) is 16.1. The van der Waals surface area contributed by atoms with Crippen LogP contribution in [-0.4, -0.2) is 35.0 Å². The van der Waals surface area contributed by atoms with E-state index in [1.54, 1.807) is 0 Å². The van der Waals surface area contributed by atoms with Crippen molar-refractivity contribution in [3.8, 4) is 0 Å². The van der Waals surface area contributed by atoms with Gasteiger partial charge in [-0.25, -0.2) is 0 Å². The van der Waals surface area contributed by atoms with E-state index >= 15 is 0 Å². The van der Waals surface area contributed by atoms with Crippen molar-refractivity contribution in [3.63, 3.8) is 0 Å². The van der Waals surface area contributed by atoms with E-state index in [2.05, 4.69) is 13.8 Å². The molecular weight excluding hydrogens is 412 g/mol. The van der Waals surface area contributed by atoms with Crippen molar-refractivity contribution in [1.82, 2.24) is 0 Å². The Morgan fingerprint density at radius 1 is 0.788 bits per heavy atom. The van der Waals surface area contributed by atoms with Gasteiger partial charge in [-0.15, -0.1) is 0 Å². The monoisotopic (exact) mass is 468 g/mol.